The minimum Gasteiger partial charge on any atom is -0.495 e. The van der Waals surface area contributed by atoms with Gasteiger partial charge in [0.1, 0.15) is 29.4 Å². The molecule has 3 rings (SSSR count). The molecule has 8 nitrogen and oxygen atoms in total. The molecule has 0 aliphatic carbocycles. The van der Waals surface area contributed by atoms with Crippen molar-refractivity contribution in [2.45, 2.75) is 36.8 Å². The molecule has 0 radical (unpaired) electrons. The Morgan fingerprint density at radius 1 is 1.10 bits per heavy atom. The number of imidazole rings is 1. The van der Waals surface area contributed by atoms with Gasteiger partial charge in [0.2, 0.25) is 0 Å². The molecule has 0 aliphatic rings. The van der Waals surface area contributed by atoms with Gasteiger partial charge in [0.25, 0.3) is 0 Å². The molecule has 0 fully saturated rings. The van der Waals surface area contributed by atoms with E-state index < -0.39 is 0 Å². The van der Waals surface area contributed by atoms with Gasteiger partial charge in [-0.25, -0.2) is 9.97 Å². The highest BCUT2D eigenvalue weighted by atomic mass is 32.2. The summed E-state index contributed by atoms with van der Waals surface area (Å²) in [5, 5.41) is 0. The van der Waals surface area contributed by atoms with Gasteiger partial charge in [-0.05, 0) is 45.6 Å². The van der Waals surface area contributed by atoms with E-state index in [1.165, 1.54) is 11.8 Å². The van der Waals surface area contributed by atoms with Crippen molar-refractivity contribution in [1.29, 1.82) is 0 Å². The number of H-pyrrole nitrogens is 1. The average molecular weight is 432 g/mol. The highest BCUT2D eigenvalue weighted by Gasteiger charge is 2.21. The molecule has 3 aromatic rings. The number of anilines is 1. The number of aromatic amines is 1. The molecule has 0 aliphatic heterocycles. The fraction of sp³-hybridized carbons (Fsp3) is 0.429. The van der Waals surface area contributed by atoms with Crippen LogP contribution in [0.4, 0.5) is 5.82 Å². The Labute approximate surface area is 181 Å². The number of hydrogen-bond donors (Lipinski definition) is 2. The molecular formula is C21H29N5O3S. The molecule has 1 aromatic carbocycles. The average Bonchev–Trinajstić information content (AvgIpc) is 3.13. The number of nitrogens with one attached hydrogen (secondary N) is 1. The molecule has 162 valence electrons. The highest BCUT2D eigenvalue weighted by molar-refractivity contribution is 7.99. The second kappa shape index (κ2) is 9.55. The Balaban J connectivity index is 2.10. The molecule has 9 heteroatoms. The van der Waals surface area contributed by atoms with Crippen LogP contribution in [0.15, 0.2) is 21.9 Å². The van der Waals surface area contributed by atoms with Crippen LogP contribution >= 0.6 is 11.8 Å². The summed E-state index contributed by atoms with van der Waals surface area (Å²) >= 11 is 1.53. The standard InChI is InChI=1S/C21H29N5O3S/c1-7-29-11-16-24-17-18(25-16)21(22)23-12(2)19(17)30-20-14(27-5)8-13(10-26(3)4)9-15(20)28-6/h8-9H,7,10-11H2,1-6H3,(H2,22,23)(H,24,25). The summed E-state index contributed by atoms with van der Waals surface area (Å²) in [5.41, 5.74) is 9.53. The molecule has 0 unspecified atom stereocenters. The Hall–Kier alpha value is -2.49. The number of ether oxygens (including phenoxy) is 3. The number of nitrogens with two attached hydrogens (primary N) is 1. The number of benzene rings is 1. The van der Waals surface area contributed by atoms with Gasteiger partial charge in [-0.3, -0.25) is 0 Å². The van der Waals surface area contributed by atoms with Gasteiger partial charge in [0.15, 0.2) is 5.82 Å². The Bertz CT molecular complexity index is 1010. The van der Waals surface area contributed by atoms with Crippen molar-refractivity contribution < 1.29 is 14.2 Å². The zero-order valence-electron chi connectivity index (χ0n) is 18.3. The smallest absolute Gasteiger partial charge is 0.151 e. The van der Waals surface area contributed by atoms with Crippen LogP contribution in [0.1, 0.15) is 24.0 Å². The van der Waals surface area contributed by atoms with Crippen LogP contribution in [0.5, 0.6) is 11.5 Å². The summed E-state index contributed by atoms with van der Waals surface area (Å²) in [7, 11) is 7.39. The van der Waals surface area contributed by atoms with Crippen LogP contribution < -0.4 is 15.2 Å². The van der Waals surface area contributed by atoms with Crippen LogP contribution in [0.3, 0.4) is 0 Å². The number of pyridine rings is 1. The van der Waals surface area contributed by atoms with E-state index in [1.54, 1.807) is 14.2 Å². The summed E-state index contributed by atoms with van der Waals surface area (Å²) in [6.45, 7) is 5.66. The molecule has 2 aromatic heterocycles. The summed E-state index contributed by atoms with van der Waals surface area (Å²) in [5.74, 6) is 2.60. The van der Waals surface area contributed by atoms with Gasteiger partial charge in [0, 0.05) is 13.2 Å². The summed E-state index contributed by atoms with van der Waals surface area (Å²) in [6, 6.07) is 4.07. The lowest BCUT2D eigenvalue weighted by Gasteiger charge is -2.17. The maximum absolute atomic E-state index is 6.14. The monoisotopic (exact) mass is 431 g/mol. The van der Waals surface area contributed by atoms with Crippen molar-refractivity contribution in [3.8, 4) is 11.5 Å². The molecule has 3 N–H and O–H groups in total. The van der Waals surface area contributed by atoms with Crippen molar-refractivity contribution in [2.75, 3.05) is 40.7 Å². The van der Waals surface area contributed by atoms with E-state index in [9.17, 15) is 0 Å². The molecule has 0 saturated heterocycles. The third-order valence-electron chi connectivity index (χ3n) is 4.51. The molecule has 0 bridgehead atoms. The number of nitrogen functional groups attached to an aromatic ring is 1. The molecule has 2 heterocycles. The largest absolute Gasteiger partial charge is 0.495 e. The number of fused-ring (bicyclic) bond motifs is 1. The number of hydrogen-bond acceptors (Lipinski definition) is 8. The van der Waals surface area contributed by atoms with Gasteiger partial charge in [-0.15, -0.1) is 0 Å². The first-order chi connectivity index (χ1) is 14.4. The number of methoxy groups -OCH3 is 2. The van der Waals surface area contributed by atoms with Gasteiger partial charge in [-0.2, -0.15) is 0 Å². The van der Waals surface area contributed by atoms with E-state index in [4.69, 9.17) is 19.9 Å². The summed E-state index contributed by atoms with van der Waals surface area (Å²) in [6.07, 6.45) is 0. The van der Waals surface area contributed by atoms with Crippen molar-refractivity contribution in [3.63, 3.8) is 0 Å². The van der Waals surface area contributed by atoms with Crippen molar-refractivity contribution in [1.82, 2.24) is 19.9 Å². The van der Waals surface area contributed by atoms with Gasteiger partial charge >= 0.3 is 0 Å². The number of nitrogens with zero attached hydrogens (tertiary/aromatic N) is 3. The lowest BCUT2D eigenvalue weighted by Crippen LogP contribution is -2.11. The third-order valence-corrected chi connectivity index (χ3v) is 5.82. The fourth-order valence-electron chi connectivity index (χ4n) is 3.22. The lowest BCUT2D eigenvalue weighted by molar-refractivity contribution is 0.129. The lowest BCUT2D eigenvalue weighted by atomic mass is 10.2. The topological polar surface area (TPSA) is 98.5 Å². The predicted molar refractivity (Wildman–Crippen MR) is 119 cm³/mol. The fourth-order valence-corrected chi connectivity index (χ4v) is 4.36. The normalized spacial score (nSPS) is 11.4. The zero-order valence-corrected chi connectivity index (χ0v) is 19.1. The molecule has 0 spiro atoms. The molecule has 0 saturated carbocycles. The van der Waals surface area contributed by atoms with Crippen LogP contribution in [0.2, 0.25) is 0 Å². The Morgan fingerprint density at radius 2 is 1.77 bits per heavy atom. The van der Waals surface area contributed by atoms with E-state index in [0.717, 1.165) is 44.6 Å². The van der Waals surface area contributed by atoms with E-state index in [0.29, 0.717) is 30.4 Å². The number of rotatable bonds is 9. The second-order valence-corrected chi connectivity index (χ2v) is 8.15. The SMILES string of the molecule is CCOCc1nc2c(N)nc(C)c(Sc3c(OC)cc(CN(C)C)cc3OC)c2[nH]1. The van der Waals surface area contributed by atoms with E-state index in [2.05, 4.69) is 19.9 Å². The minimum atomic E-state index is 0.389. The predicted octanol–water partition coefficient (Wildman–Crippen LogP) is 3.62. The zero-order chi connectivity index (χ0) is 21.8. The quantitative estimate of drug-likeness (QED) is 0.530. The first-order valence-electron chi connectivity index (χ1n) is 9.67. The van der Waals surface area contributed by atoms with E-state index in [-0.39, 0.29) is 0 Å². The van der Waals surface area contributed by atoms with E-state index in [1.807, 2.05) is 40.1 Å². The van der Waals surface area contributed by atoms with Crippen molar-refractivity contribution >= 4 is 28.6 Å². The first kappa shape index (κ1) is 22.2. The number of aromatic nitrogens is 3. The summed E-state index contributed by atoms with van der Waals surface area (Å²) in [4.78, 5) is 16.3. The second-order valence-electron chi connectivity index (χ2n) is 7.13. The van der Waals surface area contributed by atoms with Crippen LogP contribution in [0, 0.1) is 6.92 Å². The Kier molecular flexibility index (Phi) is 7.06. The summed E-state index contributed by atoms with van der Waals surface area (Å²) < 4.78 is 16.9. The molecule has 30 heavy (non-hydrogen) atoms. The van der Waals surface area contributed by atoms with E-state index >= 15 is 0 Å². The van der Waals surface area contributed by atoms with Crippen LogP contribution in [-0.4, -0.2) is 54.8 Å². The minimum absolute atomic E-state index is 0.389. The van der Waals surface area contributed by atoms with Crippen LogP contribution in [0.25, 0.3) is 11.0 Å². The molecule has 0 atom stereocenters. The first-order valence-corrected chi connectivity index (χ1v) is 10.5. The number of aryl methyl sites for hydroxylation is 1. The van der Waals surface area contributed by atoms with Gasteiger partial charge in [-0.1, -0.05) is 11.8 Å². The van der Waals surface area contributed by atoms with Crippen molar-refractivity contribution in [3.05, 3.63) is 29.2 Å². The van der Waals surface area contributed by atoms with Gasteiger partial charge in [0.05, 0.1) is 35.2 Å². The highest BCUT2D eigenvalue weighted by Crippen LogP contribution is 2.45. The van der Waals surface area contributed by atoms with Gasteiger partial charge < -0.3 is 29.8 Å². The Morgan fingerprint density at radius 3 is 2.33 bits per heavy atom. The van der Waals surface area contributed by atoms with Crippen molar-refractivity contribution in [2.24, 2.45) is 0 Å². The maximum Gasteiger partial charge on any atom is 0.151 e. The van der Waals surface area contributed by atoms with Crippen LogP contribution in [-0.2, 0) is 17.9 Å². The third kappa shape index (κ3) is 4.63. The molecular weight excluding hydrogens is 402 g/mol. The molecule has 0 amide bonds. The maximum atomic E-state index is 6.14.